The second kappa shape index (κ2) is 12.5. The molecule has 0 amide bonds. The highest BCUT2D eigenvalue weighted by Gasteiger charge is 2.30. The predicted octanol–water partition coefficient (Wildman–Crippen LogP) is 6.21. The lowest BCUT2D eigenvalue weighted by molar-refractivity contribution is -0.0594. The molecule has 2 aromatic carbocycles. The van der Waals surface area contributed by atoms with E-state index in [2.05, 4.69) is 27.4 Å². The van der Waals surface area contributed by atoms with E-state index in [-0.39, 0.29) is 23.9 Å². The van der Waals surface area contributed by atoms with Crippen LogP contribution < -0.4 is 4.74 Å². The molecule has 2 fully saturated rings. The quantitative estimate of drug-likeness (QED) is 0.182. The molecule has 0 unspecified atom stereocenters. The molecule has 0 saturated carbocycles. The Balaban J connectivity index is 1.04. The number of methoxy groups -OCH3 is 1. The van der Waals surface area contributed by atoms with Crippen molar-refractivity contribution < 1.29 is 23.4 Å². The minimum absolute atomic E-state index is 0.0883. The molecule has 5 heterocycles. The van der Waals surface area contributed by atoms with E-state index < -0.39 is 0 Å². The minimum Gasteiger partial charge on any atom is -0.473 e. The fourth-order valence-electron chi connectivity index (χ4n) is 6.48. The van der Waals surface area contributed by atoms with Crippen LogP contribution in [0, 0.1) is 5.82 Å². The van der Waals surface area contributed by atoms with Crippen molar-refractivity contribution in [3.05, 3.63) is 95.3 Å². The van der Waals surface area contributed by atoms with E-state index in [9.17, 15) is 9.18 Å². The SMILES string of the molecule is COC(=O)c1ccc2nc([C@H](C)N3CCC(c4cccc(OCc5cccc6cc(F)cnc56)n4)CC3)n(C[C@@H]3CCO3)c2c1. The van der Waals surface area contributed by atoms with Crippen molar-refractivity contribution in [1.29, 1.82) is 0 Å². The first-order valence-corrected chi connectivity index (χ1v) is 15.5. The van der Waals surface area contributed by atoms with Crippen molar-refractivity contribution in [2.75, 3.05) is 26.8 Å². The van der Waals surface area contributed by atoms with Crippen LogP contribution in [0.2, 0.25) is 0 Å². The molecule has 0 N–H and O–H groups in total. The lowest BCUT2D eigenvalue weighted by Crippen LogP contribution is -2.37. The molecule has 5 aromatic rings. The number of halogens is 1. The smallest absolute Gasteiger partial charge is 0.337 e. The van der Waals surface area contributed by atoms with E-state index in [1.54, 1.807) is 6.07 Å². The van der Waals surface area contributed by atoms with Crippen LogP contribution in [0.15, 0.2) is 66.9 Å². The van der Waals surface area contributed by atoms with Crippen molar-refractivity contribution in [2.24, 2.45) is 0 Å². The van der Waals surface area contributed by atoms with Crippen molar-refractivity contribution in [2.45, 2.75) is 57.4 Å². The number of imidazole rings is 1. The van der Waals surface area contributed by atoms with Gasteiger partial charge in [0.25, 0.3) is 0 Å². The maximum absolute atomic E-state index is 13.6. The van der Waals surface area contributed by atoms with Gasteiger partial charge in [0.1, 0.15) is 18.2 Å². The number of ether oxygens (including phenoxy) is 3. The summed E-state index contributed by atoms with van der Waals surface area (Å²) >= 11 is 0. The average Bonchev–Trinajstić information content (AvgIpc) is 3.42. The first-order valence-electron chi connectivity index (χ1n) is 15.5. The minimum atomic E-state index is -0.355. The van der Waals surface area contributed by atoms with Crippen LogP contribution in [0.3, 0.4) is 0 Å². The number of hydrogen-bond donors (Lipinski definition) is 0. The van der Waals surface area contributed by atoms with Crippen LogP contribution in [0.25, 0.3) is 21.9 Å². The maximum atomic E-state index is 13.6. The van der Waals surface area contributed by atoms with E-state index in [1.165, 1.54) is 19.4 Å². The van der Waals surface area contributed by atoms with Crippen molar-refractivity contribution >= 4 is 27.9 Å². The Bertz CT molecular complexity index is 1850. The van der Waals surface area contributed by atoms with Gasteiger partial charge in [-0.15, -0.1) is 0 Å². The Morgan fingerprint density at radius 3 is 2.67 bits per heavy atom. The molecule has 232 valence electrons. The van der Waals surface area contributed by atoms with Gasteiger partial charge in [0.15, 0.2) is 0 Å². The number of piperidine rings is 1. The molecule has 45 heavy (non-hydrogen) atoms. The molecule has 0 aliphatic carbocycles. The number of hydrogen-bond acceptors (Lipinski definition) is 8. The Hall–Kier alpha value is -4.41. The number of nitrogens with zero attached hydrogens (tertiary/aromatic N) is 5. The monoisotopic (exact) mass is 609 g/mol. The average molecular weight is 610 g/mol. The molecule has 2 atom stereocenters. The third-order valence-electron chi connectivity index (χ3n) is 9.13. The van der Waals surface area contributed by atoms with Gasteiger partial charge in [-0.05, 0) is 69.6 Å². The second-order valence-electron chi connectivity index (χ2n) is 11.9. The van der Waals surface area contributed by atoms with Crippen LogP contribution in [0.5, 0.6) is 5.88 Å². The van der Waals surface area contributed by atoms with Gasteiger partial charge in [0.2, 0.25) is 5.88 Å². The molecule has 7 rings (SSSR count). The van der Waals surface area contributed by atoms with Crippen LogP contribution in [0.1, 0.15) is 65.6 Å². The molecular formula is C35H36FN5O4. The summed E-state index contributed by atoms with van der Waals surface area (Å²) in [4.78, 5) is 28.9. The molecule has 3 aromatic heterocycles. The molecule has 0 bridgehead atoms. The van der Waals surface area contributed by atoms with Gasteiger partial charge in [0.05, 0.1) is 54.1 Å². The fourth-order valence-corrected chi connectivity index (χ4v) is 6.48. The zero-order chi connectivity index (χ0) is 30.9. The molecule has 2 aliphatic rings. The zero-order valence-corrected chi connectivity index (χ0v) is 25.5. The Morgan fingerprint density at radius 1 is 1.07 bits per heavy atom. The molecule has 0 radical (unpaired) electrons. The molecule has 2 saturated heterocycles. The van der Waals surface area contributed by atoms with Crippen LogP contribution in [-0.2, 0) is 22.6 Å². The summed E-state index contributed by atoms with van der Waals surface area (Å²) in [5, 5.41) is 0.747. The Labute approximate surface area is 261 Å². The standard InChI is InChI=1S/C35H36FN5O4/c1-22(34-39-30-10-9-25(35(42)43-2)18-31(30)41(34)20-28-13-16-44-28)40-14-11-23(12-15-40)29-7-4-8-32(38-29)45-21-26-6-3-5-24-17-27(36)19-37-33(24)26/h3-10,17-19,22-23,28H,11-16,20-21H2,1-2H3/t22-,28-/m0/s1. The largest absolute Gasteiger partial charge is 0.473 e. The van der Waals surface area contributed by atoms with E-state index in [4.69, 9.17) is 24.2 Å². The van der Waals surface area contributed by atoms with Gasteiger partial charge in [-0.2, -0.15) is 0 Å². The number of fused-ring (bicyclic) bond motifs is 2. The second-order valence-corrected chi connectivity index (χ2v) is 11.9. The van der Waals surface area contributed by atoms with Crippen LogP contribution in [-0.4, -0.2) is 63.3 Å². The van der Waals surface area contributed by atoms with Crippen LogP contribution >= 0.6 is 0 Å². The third kappa shape index (κ3) is 6.00. The van der Waals surface area contributed by atoms with Crippen LogP contribution in [0.4, 0.5) is 4.39 Å². The summed E-state index contributed by atoms with van der Waals surface area (Å²) in [7, 11) is 1.40. The van der Waals surface area contributed by atoms with Gasteiger partial charge in [-0.3, -0.25) is 9.88 Å². The number of esters is 1. The van der Waals surface area contributed by atoms with Gasteiger partial charge in [0, 0.05) is 35.2 Å². The number of likely N-dealkylation sites (tertiary alicyclic amines) is 1. The number of para-hydroxylation sites is 1. The van der Waals surface area contributed by atoms with Gasteiger partial charge >= 0.3 is 5.97 Å². The maximum Gasteiger partial charge on any atom is 0.337 e. The summed E-state index contributed by atoms with van der Waals surface area (Å²) in [6.07, 6.45) is 4.35. The van der Waals surface area contributed by atoms with E-state index in [1.807, 2.05) is 42.5 Å². The van der Waals surface area contributed by atoms with Crippen molar-refractivity contribution in [3.8, 4) is 5.88 Å². The van der Waals surface area contributed by atoms with Crippen molar-refractivity contribution in [1.82, 2.24) is 24.4 Å². The Morgan fingerprint density at radius 2 is 1.89 bits per heavy atom. The summed E-state index contributed by atoms with van der Waals surface area (Å²) in [5.41, 5.74) is 4.96. The number of carbonyl (C=O) groups excluding carboxylic acids is 1. The first kappa shape index (κ1) is 29.3. The molecule has 9 nitrogen and oxygen atoms in total. The number of rotatable bonds is 9. The van der Waals surface area contributed by atoms with E-state index >= 15 is 0 Å². The molecule has 2 aliphatic heterocycles. The normalized spacial score (nSPS) is 18.2. The summed E-state index contributed by atoms with van der Waals surface area (Å²) in [5.74, 6) is 1.17. The number of aromatic nitrogens is 4. The third-order valence-corrected chi connectivity index (χ3v) is 9.13. The van der Waals surface area contributed by atoms with Gasteiger partial charge < -0.3 is 18.8 Å². The van der Waals surface area contributed by atoms with Crippen molar-refractivity contribution in [3.63, 3.8) is 0 Å². The first-order chi connectivity index (χ1) is 22.0. The van der Waals surface area contributed by atoms with E-state index in [0.717, 1.165) is 78.0 Å². The molecular weight excluding hydrogens is 573 g/mol. The Kier molecular flexibility index (Phi) is 8.16. The summed E-state index contributed by atoms with van der Waals surface area (Å²) < 4.78 is 32.7. The number of pyridine rings is 2. The number of carbonyl (C=O) groups is 1. The lowest BCUT2D eigenvalue weighted by atomic mass is 9.92. The number of benzene rings is 2. The molecule has 0 spiro atoms. The highest BCUT2D eigenvalue weighted by Crippen LogP contribution is 2.34. The zero-order valence-electron chi connectivity index (χ0n) is 25.5. The fraction of sp³-hybridized carbons (Fsp3) is 0.371. The lowest BCUT2D eigenvalue weighted by Gasteiger charge is -2.36. The van der Waals surface area contributed by atoms with Gasteiger partial charge in [-0.1, -0.05) is 24.3 Å². The summed E-state index contributed by atoms with van der Waals surface area (Å²) in [6.45, 7) is 5.83. The topological polar surface area (TPSA) is 91.6 Å². The predicted molar refractivity (Wildman–Crippen MR) is 168 cm³/mol. The van der Waals surface area contributed by atoms with Gasteiger partial charge in [-0.25, -0.2) is 19.2 Å². The molecule has 10 heteroatoms. The highest BCUT2D eigenvalue weighted by molar-refractivity contribution is 5.93. The summed E-state index contributed by atoms with van der Waals surface area (Å²) in [6, 6.07) is 18.8. The highest BCUT2D eigenvalue weighted by atomic mass is 19.1. The van der Waals surface area contributed by atoms with E-state index in [0.29, 0.717) is 30.5 Å².